The summed E-state index contributed by atoms with van der Waals surface area (Å²) in [6.45, 7) is 8.56. The van der Waals surface area contributed by atoms with Gasteiger partial charge in [0, 0.05) is 92.3 Å². The third kappa shape index (κ3) is 12.9. The van der Waals surface area contributed by atoms with Gasteiger partial charge in [-0.3, -0.25) is 24.0 Å². The van der Waals surface area contributed by atoms with Crippen molar-refractivity contribution in [3.63, 3.8) is 0 Å². The number of hydrogen-bond acceptors (Lipinski definition) is 13. The minimum absolute atomic E-state index is 0.0290. The van der Waals surface area contributed by atoms with E-state index in [1.165, 1.54) is 11.9 Å². The van der Waals surface area contributed by atoms with E-state index in [1.807, 2.05) is 37.5 Å². The lowest BCUT2D eigenvalue weighted by Crippen LogP contribution is -2.46. The Morgan fingerprint density at radius 3 is 2.18 bits per heavy atom. The smallest absolute Gasteiger partial charge is 0.226 e. The van der Waals surface area contributed by atoms with Crippen LogP contribution in [-0.4, -0.2) is 90.0 Å². The predicted octanol–water partition coefficient (Wildman–Crippen LogP) is 5.24. The minimum Gasteiger partial charge on any atom is -0.492 e. The highest BCUT2D eigenvalue weighted by Gasteiger charge is 2.36. The second-order valence-corrected chi connectivity index (χ2v) is 17.1. The van der Waals surface area contributed by atoms with Crippen LogP contribution in [0.3, 0.4) is 0 Å². The normalized spacial score (nSPS) is 16.8. The SMILES string of the molecule is Cc1cc(-c2ncc(CC(C)C)cn2)ccc1C(=O)C[C@@H](CCN)C(=O)N(C)[C@@H]1C(=O)C[C@@H](C)C(=O)N[C@H](C(=O)CCC#N)Cc2ccc(OCCN)c(c2)-c2cc1ccc2OCCN. The van der Waals surface area contributed by atoms with Crippen LogP contribution in [0.15, 0.2) is 67.0 Å². The summed E-state index contributed by atoms with van der Waals surface area (Å²) in [7, 11) is 1.51. The summed E-state index contributed by atoms with van der Waals surface area (Å²) in [4.78, 5) is 81.2. The van der Waals surface area contributed by atoms with Gasteiger partial charge in [0.1, 0.15) is 30.8 Å². The Labute approximate surface area is 381 Å². The monoisotopic (exact) mass is 886 g/mol. The van der Waals surface area contributed by atoms with Crippen molar-refractivity contribution in [1.82, 2.24) is 20.2 Å². The molecule has 1 aromatic heterocycles. The van der Waals surface area contributed by atoms with E-state index in [-0.39, 0.29) is 82.9 Å². The summed E-state index contributed by atoms with van der Waals surface area (Å²) in [5.74, 6) is -2.00. The lowest BCUT2D eigenvalue weighted by atomic mass is 9.88. The molecule has 2 amide bonds. The Morgan fingerprint density at radius 1 is 0.908 bits per heavy atom. The molecule has 0 saturated heterocycles. The molecule has 344 valence electrons. The molecule has 7 N–H and O–H groups in total. The first-order valence-corrected chi connectivity index (χ1v) is 22.3. The van der Waals surface area contributed by atoms with E-state index in [4.69, 9.17) is 26.7 Å². The number of fused-ring (bicyclic) bond motifs is 5. The first-order valence-electron chi connectivity index (χ1n) is 22.3. The highest BCUT2D eigenvalue weighted by Crippen LogP contribution is 2.41. The topological polar surface area (TPSA) is 247 Å². The quantitative estimate of drug-likeness (QED) is 0.0882. The van der Waals surface area contributed by atoms with Crippen LogP contribution >= 0.6 is 0 Å². The summed E-state index contributed by atoms with van der Waals surface area (Å²) >= 11 is 0. The number of carbonyl (C=O) groups is 5. The van der Waals surface area contributed by atoms with Gasteiger partial charge in [-0.15, -0.1) is 0 Å². The predicted molar refractivity (Wildman–Crippen MR) is 248 cm³/mol. The summed E-state index contributed by atoms with van der Waals surface area (Å²) in [5, 5.41) is 12.1. The molecule has 0 aliphatic carbocycles. The number of Topliss-reactive ketones (excluding diaryl/α,β-unsaturated/α-hetero) is 3. The van der Waals surface area contributed by atoms with Gasteiger partial charge in [0.25, 0.3) is 0 Å². The van der Waals surface area contributed by atoms with Crippen LogP contribution in [0.5, 0.6) is 11.5 Å². The number of hydrogen-bond donors (Lipinski definition) is 4. The number of aromatic nitrogens is 2. The van der Waals surface area contributed by atoms with Crippen molar-refractivity contribution in [2.45, 2.75) is 84.7 Å². The molecule has 1 aliphatic rings. The third-order valence-electron chi connectivity index (χ3n) is 11.5. The maximum absolute atomic E-state index is 14.7. The van der Waals surface area contributed by atoms with Gasteiger partial charge in [0.2, 0.25) is 11.8 Å². The van der Waals surface area contributed by atoms with E-state index < -0.39 is 41.5 Å². The number of ether oxygens (including phenoxy) is 2. The van der Waals surface area contributed by atoms with E-state index in [2.05, 4.69) is 29.1 Å². The number of ketones is 3. The zero-order valence-corrected chi connectivity index (χ0v) is 38.1. The molecule has 4 atom stereocenters. The first kappa shape index (κ1) is 49.7. The van der Waals surface area contributed by atoms with Crippen molar-refractivity contribution in [3.05, 3.63) is 94.8 Å². The van der Waals surface area contributed by atoms with Crippen LogP contribution in [0.1, 0.15) is 91.5 Å². The van der Waals surface area contributed by atoms with Gasteiger partial charge < -0.3 is 36.9 Å². The fourth-order valence-electron chi connectivity index (χ4n) is 8.17. The number of likely N-dealkylation sites (N-methyl/N-ethyl adjacent to an activating group) is 1. The lowest BCUT2D eigenvalue weighted by molar-refractivity contribution is -0.142. The molecule has 5 rings (SSSR count). The molecule has 0 unspecified atom stereocenters. The van der Waals surface area contributed by atoms with E-state index in [1.54, 1.807) is 49.4 Å². The Morgan fingerprint density at radius 2 is 1.57 bits per heavy atom. The molecule has 4 aromatic rings. The maximum Gasteiger partial charge on any atom is 0.226 e. The van der Waals surface area contributed by atoms with Gasteiger partial charge in [-0.1, -0.05) is 45.0 Å². The number of nitrogens with two attached hydrogens (primary N) is 3. The first-order chi connectivity index (χ1) is 31.2. The van der Waals surface area contributed by atoms with Crippen LogP contribution < -0.4 is 32.0 Å². The highest BCUT2D eigenvalue weighted by atomic mass is 16.5. The van der Waals surface area contributed by atoms with Crippen LogP contribution in [-0.2, 0) is 32.0 Å². The molecule has 15 heteroatoms. The molecule has 1 aliphatic heterocycles. The number of amides is 2. The van der Waals surface area contributed by atoms with Gasteiger partial charge in [0.15, 0.2) is 23.2 Å². The fourth-order valence-corrected chi connectivity index (χ4v) is 8.17. The van der Waals surface area contributed by atoms with Gasteiger partial charge in [0.05, 0.1) is 12.1 Å². The molecule has 3 aromatic carbocycles. The maximum atomic E-state index is 14.7. The number of benzene rings is 3. The molecule has 0 fully saturated rings. The van der Waals surface area contributed by atoms with E-state index >= 15 is 0 Å². The van der Waals surface area contributed by atoms with Crippen LogP contribution in [0.25, 0.3) is 22.5 Å². The average molecular weight is 887 g/mol. The van der Waals surface area contributed by atoms with Crippen molar-refractivity contribution in [1.29, 1.82) is 5.26 Å². The Balaban J connectivity index is 1.55. The van der Waals surface area contributed by atoms with Gasteiger partial charge in [-0.2, -0.15) is 5.26 Å². The standard InChI is InChI=1S/C50H62N8O7/c1-30(2)21-34-28-55-48(56-29-34)36-9-11-38(31(3)22-36)43(60)27-37(14-16-52)50(63)58(5)47-35-10-13-46(65-20-18-54)40(26-35)39-24-33(8-12-45(39)64-19-17-53)25-41(42(59)7-6-15-51)57-49(62)32(4)23-44(47)61/h8-13,22,24,26,28-30,32,37,41,47H,6-7,14,16-21,23,25,27,52-54H2,1-5H3,(H,57,62)/t32-,37-,41+,47+/m1/s1. The van der Waals surface area contributed by atoms with Crippen LogP contribution in [0, 0.1) is 36.0 Å². The summed E-state index contributed by atoms with van der Waals surface area (Å²) in [6.07, 6.45) is 4.19. The average Bonchev–Trinajstić information content (AvgIpc) is 3.28. The third-order valence-corrected chi connectivity index (χ3v) is 11.5. The summed E-state index contributed by atoms with van der Waals surface area (Å²) in [5.41, 5.74) is 22.9. The van der Waals surface area contributed by atoms with Crippen molar-refractivity contribution >= 4 is 29.2 Å². The van der Waals surface area contributed by atoms with Crippen molar-refractivity contribution in [2.75, 3.05) is 39.9 Å². The molecule has 2 heterocycles. The minimum atomic E-state index is -1.23. The van der Waals surface area contributed by atoms with Crippen molar-refractivity contribution in [3.8, 4) is 40.1 Å². The zero-order chi connectivity index (χ0) is 47.2. The molecular formula is C50H62N8O7. The number of rotatable bonds is 19. The Bertz CT molecular complexity index is 2380. The second-order valence-electron chi connectivity index (χ2n) is 17.1. The molecular weight excluding hydrogens is 825 g/mol. The molecule has 0 spiro atoms. The highest BCUT2D eigenvalue weighted by molar-refractivity contribution is 6.01. The summed E-state index contributed by atoms with van der Waals surface area (Å²) < 4.78 is 12.3. The Kier molecular flexibility index (Phi) is 18.0. The van der Waals surface area contributed by atoms with Gasteiger partial charge in [-0.05, 0) is 91.2 Å². The van der Waals surface area contributed by atoms with Crippen LogP contribution in [0.2, 0.25) is 0 Å². The van der Waals surface area contributed by atoms with E-state index in [0.717, 1.165) is 17.5 Å². The largest absolute Gasteiger partial charge is 0.492 e. The van der Waals surface area contributed by atoms with E-state index in [0.29, 0.717) is 56.6 Å². The Hall–Kier alpha value is -6.34. The number of aryl methyl sites for hydroxylation is 1. The lowest BCUT2D eigenvalue weighted by Gasteiger charge is -2.32. The molecule has 0 saturated carbocycles. The molecule has 0 radical (unpaired) electrons. The molecule has 15 nitrogen and oxygen atoms in total. The van der Waals surface area contributed by atoms with Gasteiger partial charge in [-0.25, -0.2) is 9.97 Å². The van der Waals surface area contributed by atoms with Crippen molar-refractivity contribution in [2.24, 2.45) is 35.0 Å². The molecule has 65 heavy (non-hydrogen) atoms. The number of nitrogens with zero attached hydrogens (tertiary/aromatic N) is 4. The number of carbonyl (C=O) groups excluding carboxylic acids is 5. The van der Waals surface area contributed by atoms with Gasteiger partial charge >= 0.3 is 0 Å². The van der Waals surface area contributed by atoms with Crippen LogP contribution in [0.4, 0.5) is 0 Å². The van der Waals surface area contributed by atoms with Crippen molar-refractivity contribution < 1.29 is 33.4 Å². The summed E-state index contributed by atoms with van der Waals surface area (Å²) in [6, 6.07) is 15.6. The second kappa shape index (κ2) is 23.5. The van der Waals surface area contributed by atoms with E-state index in [9.17, 15) is 29.2 Å². The zero-order valence-electron chi connectivity index (χ0n) is 38.1. The fraction of sp³-hybridized carbons (Fsp3) is 0.440. The number of nitrogens with one attached hydrogen (secondary N) is 1. The number of nitriles is 1. The molecule has 4 bridgehead atoms.